The lowest BCUT2D eigenvalue weighted by Crippen LogP contribution is -2.52. The molecule has 0 radical (unpaired) electrons. The number of hydrogen-bond acceptors (Lipinski definition) is 11. The van der Waals surface area contributed by atoms with Crippen LogP contribution in [0.25, 0.3) is 11.3 Å². The number of cyclic esters (lactones) is 1. The van der Waals surface area contributed by atoms with Crippen molar-refractivity contribution in [3.63, 3.8) is 0 Å². The van der Waals surface area contributed by atoms with E-state index in [9.17, 15) is 23.6 Å². The smallest absolute Gasteiger partial charge is 0.414 e. The molecule has 4 amide bonds. The Kier molecular flexibility index (Phi) is 12.0. The molecule has 5 aliphatic rings. The number of amides is 4. The maximum atomic E-state index is 15.2. The first-order valence-electron chi connectivity index (χ1n) is 20.7. The molecule has 3 saturated heterocycles. The summed E-state index contributed by atoms with van der Waals surface area (Å²) in [4.78, 5) is 64.0. The molecule has 2 aliphatic carbocycles. The average Bonchev–Trinajstić information content (AvgIpc) is 3.24. The van der Waals surface area contributed by atoms with E-state index >= 15 is 4.39 Å². The molecule has 1 unspecified atom stereocenters. The molecule has 0 bridgehead atoms. The minimum absolute atomic E-state index is 0.000112. The predicted molar refractivity (Wildman–Crippen MR) is 214 cm³/mol. The molecule has 4 heterocycles. The Balaban J connectivity index is 0.754. The summed E-state index contributed by atoms with van der Waals surface area (Å²) in [7, 11) is 0. The molecule has 16 heteroatoms. The highest BCUT2D eigenvalue weighted by molar-refractivity contribution is 6.01. The second kappa shape index (κ2) is 17.6. The molecule has 3 aliphatic heterocycles. The Morgan fingerprint density at radius 2 is 1.60 bits per heavy atom. The maximum Gasteiger partial charge on any atom is 0.414 e. The zero-order valence-electron chi connectivity index (χ0n) is 32.6. The predicted octanol–water partition coefficient (Wildman–Crippen LogP) is 5.21. The number of anilines is 4. The number of piperazine rings is 1. The summed E-state index contributed by atoms with van der Waals surface area (Å²) >= 11 is 0. The van der Waals surface area contributed by atoms with E-state index in [0.717, 1.165) is 70.9 Å². The Hall–Kier alpha value is -5.38. The van der Waals surface area contributed by atoms with Crippen molar-refractivity contribution < 1.29 is 32.7 Å². The third kappa shape index (κ3) is 9.16. The number of rotatable bonds is 10. The lowest BCUT2D eigenvalue weighted by atomic mass is 9.83. The van der Waals surface area contributed by atoms with Crippen molar-refractivity contribution >= 4 is 46.8 Å². The molecular weight excluding hydrogens is 749 g/mol. The van der Waals surface area contributed by atoms with Crippen molar-refractivity contribution in [3.05, 3.63) is 60.3 Å². The van der Waals surface area contributed by atoms with Gasteiger partial charge in [0.15, 0.2) is 5.82 Å². The van der Waals surface area contributed by atoms with Crippen LogP contribution in [0, 0.1) is 17.6 Å². The van der Waals surface area contributed by atoms with E-state index in [2.05, 4.69) is 41.0 Å². The van der Waals surface area contributed by atoms with E-state index in [1.165, 1.54) is 12.3 Å². The van der Waals surface area contributed by atoms with Crippen LogP contribution in [0.5, 0.6) is 0 Å². The third-order valence-electron chi connectivity index (χ3n) is 12.3. The molecule has 3 aromatic rings. The first-order chi connectivity index (χ1) is 28.2. The number of nitrogens with one attached hydrogen (secondary N) is 4. The van der Waals surface area contributed by atoms with Crippen molar-refractivity contribution in [2.24, 2.45) is 5.92 Å². The highest BCUT2D eigenvalue weighted by Gasteiger charge is 2.33. The summed E-state index contributed by atoms with van der Waals surface area (Å²) in [5.41, 5.74) is 2.37. The Morgan fingerprint density at radius 3 is 2.34 bits per heavy atom. The number of halogens is 2. The van der Waals surface area contributed by atoms with Gasteiger partial charge in [0.2, 0.25) is 23.7 Å². The summed E-state index contributed by atoms with van der Waals surface area (Å²) < 4.78 is 35.3. The van der Waals surface area contributed by atoms with Gasteiger partial charge in [0, 0.05) is 80.1 Å². The van der Waals surface area contributed by atoms with Crippen LogP contribution in [-0.4, -0.2) is 102 Å². The average molecular weight is 800 g/mol. The second-order valence-corrected chi connectivity index (χ2v) is 16.1. The fourth-order valence-corrected chi connectivity index (χ4v) is 9.05. The molecule has 58 heavy (non-hydrogen) atoms. The van der Waals surface area contributed by atoms with Crippen LogP contribution in [0.15, 0.2) is 48.7 Å². The molecule has 5 fully saturated rings. The van der Waals surface area contributed by atoms with Crippen molar-refractivity contribution in [2.45, 2.75) is 94.8 Å². The lowest BCUT2D eigenvalue weighted by molar-refractivity contribution is -0.133. The Bertz CT molecular complexity index is 2000. The van der Waals surface area contributed by atoms with Gasteiger partial charge in [0.1, 0.15) is 17.6 Å². The van der Waals surface area contributed by atoms with Gasteiger partial charge in [-0.3, -0.25) is 29.5 Å². The molecule has 0 spiro atoms. The fourth-order valence-electron chi connectivity index (χ4n) is 9.05. The second-order valence-electron chi connectivity index (χ2n) is 16.1. The van der Waals surface area contributed by atoms with Gasteiger partial charge >= 0.3 is 6.09 Å². The van der Waals surface area contributed by atoms with E-state index in [0.29, 0.717) is 67.3 Å². The number of hydrogen-bond donors (Lipinski definition) is 4. The number of ether oxygens (including phenoxy) is 1. The molecule has 1 aromatic heterocycles. The van der Waals surface area contributed by atoms with E-state index in [-0.39, 0.29) is 53.7 Å². The summed E-state index contributed by atoms with van der Waals surface area (Å²) in [6.07, 6.45) is 9.00. The van der Waals surface area contributed by atoms with Crippen LogP contribution >= 0.6 is 0 Å². The van der Waals surface area contributed by atoms with Crippen molar-refractivity contribution in [1.82, 2.24) is 25.5 Å². The number of benzene rings is 2. The normalized spacial score (nSPS) is 25.8. The number of piperidine rings is 1. The van der Waals surface area contributed by atoms with Crippen LogP contribution in [0.4, 0.5) is 36.6 Å². The molecule has 1 atom stereocenters. The van der Waals surface area contributed by atoms with E-state index in [4.69, 9.17) is 4.74 Å². The standard InChI is InChI=1S/C42H51F2N9O5/c43-33-24-30(46-35-14-16-37(54)49-40(35)56)11-15-36(33)52-20-18-51(19-21-52)31-12-5-26(6-13-31)39(55)47-28-7-9-29(10-8-28)48-41-45-25-34(44)38(50-41)27-3-1-4-32(23-27)53-17-2-22-58-42(53)57/h1,3-4,11,15,23-26,28-29,31,35,46H,2,5-10,12-14,16-22H2,(H,47,55)(H,45,48,50)(H,49,54,56). The van der Waals surface area contributed by atoms with Gasteiger partial charge in [-0.1, -0.05) is 12.1 Å². The van der Waals surface area contributed by atoms with E-state index in [1.807, 2.05) is 0 Å². The van der Waals surface area contributed by atoms with E-state index in [1.54, 1.807) is 41.3 Å². The van der Waals surface area contributed by atoms with Crippen LogP contribution in [0.1, 0.15) is 70.6 Å². The minimum atomic E-state index is -0.564. The maximum absolute atomic E-state index is 15.2. The molecule has 2 saturated carbocycles. The summed E-state index contributed by atoms with van der Waals surface area (Å²) in [5.74, 6) is -1.10. The third-order valence-corrected chi connectivity index (χ3v) is 12.3. The van der Waals surface area contributed by atoms with Gasteiger partial charge in [-0.25, -0.2) is 23.5 Å². The topological polar surface area (TPSA) is 161 Å². The zero-order valence-corrected chi connectivity index (χ0v) is 32.6. The Labute approximate surface area is 336 Å². The molecule has 8 rings (SSSR count). The monoisotopic (exact) mass is 799 g/mol. The minimum Gasteiger partial charge on any atom is -0.449 e. The molecule has 2 aromatic carbocycles. The number of imide groups is 1. The SMILES string of the molecule is O=C1CCC(Nc2ccc(N3CCN(C4CCC(C(=O)NC5CCC(Nc6ncc(F)c(-c7cccc(N8CCCOC8=O)c7)n6)CC5)CC4)CC3)c(F)c2)C(=O)N1. The van der Waals surface area contributed by atoms with Gasteiger partial charge in [0.05, 0.1) is 18.5 Å². The van der Waals surface area contributed by atoms with Crippen molar-refractivity contribution in [1.29, 1.82) is 0 Å². The molecule has 4 N–H and O–H groups in total. The molecular formula is C42H51F2N9O5. The fraction of sp³-hybridized carbons (Fsp3) is 0.524. The number of carbonyl (C=O) groups excluding carboxylic acids is 4. The summed E-state index contributed by atoms with van der Waals surface area (Å²) in [6, 6.07) is 12.0. The number of aromatic nitrogens is 2. The van der Waals surface area contributed by atoms with Crippen LogP contribution in [0.2, 0.25) is 0 Å². The highest BCUT2D eigenvalue weighted by Crippen LogP contribution is 2.32. The van der Waals surface area contributed by atoms with Gasteiger partial charge < -0.3 is 25.6 Å². The molecule has 308 valence electrons. The quantitative estimate of drug-likeness (QED) is 0.200. The largest absolute Gasteiger partial charge is 0.449 e. The first kappa shape index (κ1) is 39.4. The van der Waals surface area contributed by atoms with Crippen LogP contribution in [-0.2, 0) is 19.1 Å². The zero-order chi connectivity index (χ0) is 40.2. The van der Waals surface area contributed by atoms with Crippen LogP contribution < -0.4 is 31.1 Å². The Morgan fingerprint density at radius 1 is 0.828 bits per heavy atom. The van der Waals surface area contributed by atoms with Gasteiger partial charge in [-0.05, 0) is 94.5 Å². The molecule has 14 nitrogen and oxygen atoms in total. The van der Waals surface area contributed by atoms with Gasteiger partial charge in [-0.2, -0.15) is 0 Å². The van der Waals surface area contributed by atoms with E-state index < -0.39 is 18.0 Å². The number of carbonyl (C=O) groups is 4. The summed E-state index contributed by atoms with van der Waals surface area (Å²) in [5, 5.41) is 12.1. The number of nitrogens with zero attached hydrogens (tertiary/aromatic N) is 5. The van der Waals surface area contributed by atoms with Crippen molar-refractivity contribution in [3.8, 4) is 11.3 Å². The van der Waals surface area contributed by atoms with Crippen molar-refractivity contribution in [2.75, 3.05) is 59.8 Å². The van der Waals surface area contributed by atoms with Gasteiger partial charge in [0.25, 0.3) is 0 Å². The lowest BCUT2D eigenvalue weighted by Gasteiger charge is -2.42. The van der Waals surface area contributed by atoms with Gasteiger partial charge in [-0.15, -0.1) is 0 Å². The summed E-state index contributed by atoms with van der Waals surface area (Å²) in [6.45, 7) is 3.98. The first-order valence-corrected chi connectivity index (χ1v) is 20.7. The highest BCUT2D eigenvalue weighted by atomic mass is 19.1. The van der Waals surface area contributed by atoms with Crippen LogP contribution in [0.3, 0.4) is 0 Å².